The van der Waals surface area contributed by atoms with Gasteiger partial charge in [0.25, 0.3) is 0 Å². The van der Waals surface area contributed by atoms with E-state index < -0.39 is 0 Å². The number of rotatable bonds is 6. The fraction of sp³-hybridized carbons (Fsp3) is 0.111. The molecule has 0 atom stereocenters. The van der Waals surface area contributed by atoms with Gasteiger partial charge in [0.15, 0.2) is 5.65 Å². The minimum Gasteiger partial charge on any atom is -0.378 e. The van der Waals surface area contributed by atoms with Gasteiger partial charge in [-0.15, -0.1) is 0 Å². The van der Waals surface area contributed by atoms with Crippen LogP contribution in [-0.4, -0.2) is 27.5 Å². The molecule has 0 aliphatic carbocycles. The van der Waals surface area contributed by atoms with Crippen molar-refractivity contribution in [2.24, 2.45) is 0 Å². The van der Waals surface area contributed by atoms with Gasteiger partial charge in [-0.05, 0) is 24.6 Å². The number of methoxy groups -OCH3 is 1. The number of hydrogen-bond acceptors (Lipinski definition) is 3. The van der Waals surface area contributed by atoms with Crippen LogP contribution in [0.3, 0.4) is 0 Å². The van der Waals surface area contributed by atoms with Gasteiger partial charge < -0.3 is 4.74 Å². The van der Waals surface area contributed by atoms with Gasteiger partial charge in [0.2, 0.25) is 5.78 Å². The molecule has 2 heterocycles. The van der Waals surface area contributed by atoms with E-state index in [0.717, 1.165) is 27.9 Å². The van der Waals surface area contributed by atoms with Crippen molar-refractivity contribution >= 4 is 23.0 Å². The summed E-state index contributed by atoms with van der Waals surface area (Å²) in [7, 11) is 1.65. The Labute approximate surface area is 196 Å². The van der Waals surface area contributed by atoms with Crippen LogP contribution >= 0.6 is 11.6 Å². The lowest BCUT2D eigenvalue weighted by Crippen LogP contribution is -2.05. The van der Waals surface area contributed by atoms with E-state index in [-0.39, 0.29) is 5.78 Å². The van der Waals surface area contributed by atoms with E-state index in [2.05, 4.69) is 5.10 Å². The predicted octanol–water partition coefficient (Wildman–Crippen LogP) is 6.34. The van der Waals surface area contributed by atoms with Crippen molar-refractivity contribution in [2.45, 2.75) is 13.5 Å². The minimum absolute atomic E-state index is 0.124. The maximum Gasteiger partial charge on any atom is 0.213 e. The molecule has 3 aromatic carbocycles. The number of carbonyl (C=O) groups is 1. The molecule has 1 N–H and O–H groups in total. The highest BCUT2D eigenvalue weighted by molar-refractivity contribution is 6.30. The molecule has 0 saturated heterocycles. The smallest absolute Gasteiger partial charge is 0.213 e. The molecule has 0 radical (unpaired) electrons. The van der Waals surface area contributed by atoms with Crippen LogP contribution in [-0.2, 0) is 11.3 Å². The third-order valence-electron chi connectivity index (χ3n) is 5.65. The highest BCUT2D eigenvalue weighted by atomic mass is 35.5. The van der Waals surface area contributed by atoms with Gasteiger partial charge in [-0.25, -0.2) is 9.50 Å². The van der Waals surface area contributed by atoms with E-state index >= 15 is 0 Å². The minimum atomic E-state index is -0.124. The Kier molecular flexibility index (Phi) is 5.58. The molecule has 0 bridgehead atoms. The summed E-state index contributed by atoms with van der Waals surface area (Å²) >= 11 is 6.12. The van der Waals surface area contributed by atoms with E-state index in [9.17, 15) is 4.79 Å². The molecule has 0 spiro atoms. The number of H-pyrrole nitrogens is 1. The van der Waals surface area contributed by atoms with Gasteiger partial charge in [-0.3, -0.25) is 9.89 Å². The maximum atomic E-state index is 13.6. The summed E-state index contributed by atoms with van der Waals surface area (Å²) in [6.45, 7) is 2.37. The first-order valence-corrected chi connectivity index (χ1v) is 11.0. The second-order valence-corrected chi connectivity index (χ2v) is 8.37. The number of halogens is 1. The topological polar surface area (TPSA) is 59.4 Å². The maximum absolute atomic E-state index is 13.6. The number of aromatic nitrogens is 3. The second-order valence-electron chi connectivity index (χ2n) is 7.93. The summed E-state index contributed by atoms with van der Waals surface area (Å²) in [5, 5.41) is 4.08. The molecule has 6 heteroatoms. The molecular formula is C27H22ClN3O2. The van der Waals surface area contributed by atoms with Gasteiger partial charge in [0.05, 0.1) is 12.3 Å². The normalized spacial score (nSPS) is 11.2. The first kappa shape index (κ1) is 21.2. The van der Waals surface area contributed by atoms with Crippen molar-refractivity contribution in [2.75, 3.05) is 7.11 Å². The summed E-state index contributed by atoms with van der Waals surface area (Å²) in [6.07, 6.45) is 0. The molecule has 0 unspecified atom stereocenters. The summed E-state index contributed by atoms with van der Waals surface area (Å²) in [5.41, 5.74) is 7.07. The Bertz CT molecular complexity index is 1430. The van der Waals surface area contributed by atoms with Crippen molar-refractivity contribution in [1.29, 1.82) is 0 Å². The number of nitrogens with zero attached hydrogens (tertiary/aromatic N) is 2. The number of fused-ring (bicyclic) bond motifs is 1. The van der Waals surface area contributed by atoms with Crippen LogP contribution < -0.4 is 0 Å². The SMILES string of the molecule is COCc1[nH]n2c(-c3ccccc3)c(C(=O)c3ccc(C)cc3)nc2c1-c1ccc(Cl)cc1. The number of imidazole rings is 1. The fourth-order valence-corrected chi connectivity index (χ4v) is 4.18. The third-order valence-corrected chi connectivity index (χ3v) is 5.90. The van der Waals surface area contributed by atoms with Gasteiger partial charge in [0.1, 0.15) is 11.4 Å². The second kappa shape index (κ2) is 8.70. The first-order valence-electron chi connectivity index (χ1n) is 10.6. The molecule has 0 aliphatic rings. The highest BCUT2D eigenvalue weighted by Crippen LogP contribution is 2.35. The van der Waals surface area contributed by atoms with E-state index in [1.54, 1.807) is 7.11 Å². The zero-order valence-corrected chi connectivity index (χ0v) is 19.1. The number of benzene rings is 3. The molecule has 2 aromatic heterocycles. The van der Waals surface area contributed by atoms with Crippen molar-refractivity contribution in [1.82, 2.24) is 14.6 Å². The molecule has 0 saturated carbocycles. The third kappa shape index (κ3) is 3.86. The summed E-state index contributed by atoms with van der Waals surface area (Å²) < 4.78 is 7.34. The summed E-state index contributed by atoms with van der Waals surface area (Å²) in [4.78, 5) is 18.5. The number of carbonyl (C=O) groups excluding carboxylic acids is 1. The van der Waals surface area contributed by atoms with Gasteiger partial charge in [-0.2, -0.15) is 0 Å². The molecule has 5 nitrogen and oxygen atoms in total. The lowest BCUT2D eigenvalue weighted by Gasteiger charge is -2.06. The number of nitrogens with one attached hydrogen (secondary N) is 1. The summed E-state index contributed by atoms with van der Waals surface area (Å²) in [5.74, 6) is -0.124. The van der Waals surface area contributed by atoms with Gasteiger partial charge in [0, 0.05) is 28.8 Å². The molecule has 0 aliphatic heterocycles. The number of ether oxygens (including phenoxy) is 1. The van der Waals surface area contributed by atoms with Gasteiger partial charge >= 0.3 is 0 Å². The largest absolute Gasteiger partial charge is 0.378 e. The molecule has 33 heavy (non-hydrogen) atoms. The number of hydrogen-bond donors (Lipinski definition) is 1. The average molecular weight is 456 g/mol. The monoisotopic (exact) mass is 455 g/mol. The van der Waals surface area contributed by atoms with Gasteiger partial charge in [-0.1, -0.05) is 83.9 Å². The van der Waals surface area contributed by atoms with Crippen LogP contribution in [0, 0.1) is 6.92 Å². The van der Waals surface area contributed by atoms with Crippen LogP contribution in [0.1, 0.15) is 27.3 Å². The predicted molar refractivity (Wildman–Crippen MR) is 131 cm³/mol. The summed E-state index contributed by atoms with van der Waals surface area (Å²) in [6, 6.07) is 25.0. The Hall–Kier alpha value is -3.67. The van der Waals surface area contributed by atoms with Crippen LogP contribution in [0.15, 0.2) is 78.9 Å². The standard InChI is InChI=1S/C27H22ClN3O2/c1-17-8-10-20(11-9-17)26(32)24-25(19-6-4-3-5-7-19)31-27(29-24)23(22(30-31)16-33-2)18-12-14-21(28)15-13-18/h3-15,30H,16H2,1-2H3. The van der Waals surface area contributed by atoms with Crippen molar-refractivity contribution in [3.05, 3.63) is 106 Å². The number of aromatic amines is 1. The number of aryl methyl sites for hydroxylation is 1. The van der Waals surface area contributed by atoms with Crippen LogP contribution in [0.5, 0.6) is 0 Å². The number of ketones is 1. The Morgan fingerprint density at radius 3 is 2.33 bits per heavy atom. The Balaban J connectivity index is 1.79. The molecule has 5 rings (SSSR count). The first-order chi connectivity index (χ1) is 16.1. The van der Waals surface area contributed by atoms with E-state index in [1.165, 1.54) is 0 Å². The fourth-order valence-electron chi connectivity index (χ4n) is 4.05. The molecule has 0 amide bonds. The van der Waals surface area contributed by atoms with Crippen molar-refractivity contribution in [3.63, 3.8) is 0 Å². The molecule has 5 aromatic rings. The lowest BCUT2D eigenvalue weighted by molar-refractivity contribution is 0.103. The van der Waals surface area contributed by atoms with Crippen molar-refractivity contribution in [3.8, 4) is 22.4 Å². The lowest BCUT2D eigenvalue weighted by atomic mass is 10.0. The quantitative estimate of drug-likeness (QED) is 0.304. The average Bonchev–Trinajstić information content (AvgIpc) is 3.36. The highest BCUT2D eigenvalue weighted by Gasteiger charge is 2.26. The Morgan fingerprint density at radius 2 is 1.67 bits per heavy atom. The van der Waals surface area contributed by atoms with Crippen LogP contribution in [0.4, 0.5) is 0 Å². The van der Waals surface area contributed by atoms with Crippen molar-refractivity contribution < 1.29 is 9.53 Å². The van der Waals surface area contributed by atoms with E-state index in [4.69, 9.17) is 21.3 Å². The molecule has 0 fully saturated rings. The Morgan fingerprint density at radius 1 is 0.970 bits per heavy atom. The zero-order chi connectivity index (χ0) is 22.9. The van der Waals surface area contributed by atoms with Crippen LogP contribution in [0.2, 0.25) is 5.02 Å². The molecular weight excluding hydrogens is 434 g/mol. The zero-order valence-electron chi connectivity index (χ0n) is 18.3. The molecule has 164 valence electrons. The van der Waals surface area contributed by atoms with E-state index in [0.29, 0.717) is 34.2 Å². The van der Waals surface area contributed by atoms with Crippen LogP contribution in [0.25, 0.3) is 28.0 Å². The van der Waals surface area contributed by atoms with E-state index in [1.807, 2.05) is 90.3 Å².